The quantitative estimate of drug-likeness (QED) is 0.610. The Balaban J connectivity index is 1.78. The molecular weight excluding hydrogens is 382 g/mol. The summed E-state index contributed by atoms with van der Waals surface area (Å²) >= 11 is 1.33. The fourth-order valence-electron chi connectivity index (χ4n) is 2.92. The first-order valence-corrected chi connectivity index (χ1v) is 10.5. The summed E-state index contributed by atoms with van der Waals surface area (Å²) in [7, 11) is 0. The molecule has 0 aliphatic carbocycles. The lowest BCUT2D eigenvalue weighted by Crippen LogP contribution is -2.24. The molecule has 0 aliphatic heterocycles. The molecular formula is C23H25N3O2S. The van der Waals surface area contributed by atoms with Gasteiger partial charge in [0.1, 0.15) is 5.03 Å². The summed E-state index contributed by atoms with van der Waals surface area (Å²) in [5, 5.41) is 7.72. The Morgan fingerprint density at radius 3 is 2.59 bits per heavy atom. The molecule has 2 aromatic carbocycles. The number of nitrogens with zero attached hydrogens (tertiary/aromatic N) is 2. The van der Waals surface area contributed by atoms with Crippen molar-refractivity contribution in [2.45, 2.75) is 44.4 Å². The lowest BCUT2D eigenvalue weighted by atomic mass is 10.1. The van der Waals surface area contributed by atoms with Crippen LogP contribution in [-0.4, -0.2) is 20.9 Å². The van der Waals surface area contributed by atoms with Gasteiger partial charge in [-0.2, -0.15) is 9.78 Å². The zero-order valence-electron chi connectivity index (χ0n) is 17.1. The molecule has 0 saturated heterocycles. The monoisotopic (exact) mass is 407 g/mol. The number of carbonyl (C=O) groups excluding carboxylic acids is 1. The topological polar surface area (TPSA) is 64.0 Å². The molecule has 1 atom stereocenters. The van der Waals surface area contributed by atoms with Gasteiger partial charge < -0.3 is 5.32 Å². The van der Waals surface area contributed by atoms with E-state index < -0.39 is 0 Å². The second-order valence-electron chi connectivity index (χ2n) is 6.95. The second kappa shape index (κ2) is 9.09. The van der Waals surface area contributed by atoms with Crippen LogP contribution in [0.25, 0.3) is 5.69 Å². The van der Waals surface area contributed by atoms with Gasteiger partial charge in [-0.3, -0.25) is 9.59 Å². The number of hydrogen-bond acceptors (Lipinski definition) is 4. The highest BCUT2D eigenvalue weighted by Crippen LogP contribution is 2.23. The maximum absolute atomic E-state index is 12.7. The zero-order valence-corrected chi connectivity index (χ0v) is 17.9. The third kappa shape index (κ3) is 4.95. The van der Waals surface area contributed by atoms with Crippen LogP contribution in [0.1, 0.15) is 30.5 Å². The molecule has 0 radical (unpaired) electrons. The lowest BCUT2D eigenvalue weighted by Gasteiger charge is -2.14. The Morgan fingerprint density at radius 2 is 1.86 bits per heavy atom. The van der Waals surface area contributed by atoms with Gasteiger partial charge in [0.2, 0.25) is 5.91 Å². The van der Waals surface area contributed by atoms with E-state index in [0.29, 0.717) is 5.03 Å². The van der Waals surface area contributed by atoms with Crippen molar-refractivity contribution in [2.75, 3.05) is 5.32 Å². The van der Waals surface area contributed by atoms with E-state index in [4.69, 9.17) is 0 Å². The normalized spacial score (nSPS) is 11.9. The summed E-state index contributed by atoms with van der Waals surface area (Å²) in [5.74, 6) is -0.0957. The van der Waals surface area contributed by atoms with E-state index in [2.05, 4.69) is 17.3 Å². The molecule has 5 nitrogen and oxygen atoms in total. The van der Waals surface area contributed by atoms with Crippen LogP contribution in [0, 0.1) is 13.8 Å². The lowest BCUT2D eigenvalue weighted by molar-refractivity contribution is -0.115. The molecule has 0 fully saturated rings. The van der Waals surface area contributed by atoms with Crippen LogP contribution >= 0.6 is 11.8 Å². The van der Waals surface area contributed by atoms with Crippen molar-refractivity contribution in [3.05, 3.63) is 81.6 Å². The fraction of sp³-hybridized carbons (Fsp3) is 0.261. The number of rotatable bonds is 6. The van der Waals surface area contributed by atoms with Crippen molar-refractivity contribution in [3.63, 3.8) is 0 Å². The summed E-state index contributed by atoms with van der Waals surface area (Å²) in [4.78, 5) is 25.0. The number of aryl methyl sites for hydroxylation is 3. The van der Waals surface area contributed by atoms with Gasteiger partial charge in [-0.25, -0.2) is 0 Å². The summed E-state index contributed by atoms with van der Waals surface area (Å²) in [6, 6.07) is 16.7. The molecule has 1 N–H and O–H groups in total. The fourth-order valence-corrected chi connectivity index (χ4v) is 3.72. The Bertz CT molecular complexity index is 1090. The molecule has 1 aromatic heterocycles. The molecule has 6 heteroatoms. The minimum atomic E-state index is -0.363. The number of anilines is 1. The Kier molecular flexibility index (Phi) is 6.54. The predicted octanol–water partition coefficient (Wildman–Crippen LogP) is 4.53. The van der Waals surface area contributed by atoms with E-state index in [1.807, 2.05) is 63.2 Å². The van der Waals surface area contributed by atoms with Gasteiger partial charge in [0.05, 0.1) is 10.9 Å². The van der Waals surface area contributed by atoms with Crippen molar-refractivity contribution in [2.24, 2.45) is 0 Å². The summed E-state index contributed by atoms with van der Waals surface area (Å²) in [6.07, 6.45) is 0.848. The van der Waals surface area contributed by atoms with E-state index in [9.17, 15) is 9.59 Å². The molecule has 3 rings (SSSR count). The largest absolute Gasteiger partial charge is 0.325 e. The van der Waals surface area contributed by atoms with Gasteiger partial charge in [0.25, 0.3) is 5.56 Å². The molecule has 150 valence electrons. The molecule has 0 spiro atoms. The Labute approximate surface area is 175 Å². The van der Waals surface area contributed by atoms with Crippen molar-refractivity contribution >= 4 is 23.4 Å². The molecule has 0 unspecified atom stereocenters. The number of para-hydroxylation sites is 1. The van der Waals surface area contributed by atoms with Crippen LogP contribution in [-0.2, 0) is 11.2 Å². The summed E-state index contributed by atoms with van der Waals surface area (Å²) in [6.45, 7) is 7.92. The van der Waals surface area contributed by atoms with Crippen LogP contribution in [0.3, 0.4) is 0 Å². The van der Waals surface area contributed by atoms with Gasteiger partial charge in [0, 0.05) is 11.8 Å². The minimum Gasteiger partial charge on any atom is -0.325 e. The predicted molar refractivity (Wildman–Crippen MR) is 119 cm³/mol. The number of nitrogens with one attached hydrogen (secondary N) is 1. The van der Waals surface area contributed by atoms with Crippen LogP contribution in [0.4, 0.5) is 5.69 Å². The highest BCUT2D eigenvalue weighted by atomic mass is 32.2. The Morgan fingerprint density at radius 1 is 1.10 bits per heavy atom. The third-order valence-corrected chi connectivity index (χ3v) is 5.86. The van der Waals surface area contributed by atoms with Gasteiger partial charge in [-0.05, 0) is 68.1 Å². The minimum absolute atomic E-state index is 0.0957. The molecule has 1 heterocycles. The van der Waals surface area contributed by atoms with Gasteiger partial charge in [-0.1, -0.05) is 43.0 Å². The molecule has 29 heavy (non-hydrogen) atoms. The van der Waals surface area contributed by atoms with E-state index in [-0.39, 0.29) is 16.7 Å². The highest BCUT2D eigenvalue weighted by molar-refractivity contribution is 8.00. The van der Waals surface area contributed by atoms with E-state index in [0.717, 1.165) is 34.5 Å². The van der Waals surface area contributed by atoms with Crippen molar-refractivity contribution in [1.29, 1.82) is 0 Å². The SMILES string of the molecule is CCc1ccccc1NC(=O)[C@@H](C)Sc1ccc(=O)n(-c2ccc(C)c(C)c2)n1. The molecule has 0 saturated carbocycles. The zero-order chi connectivity index (χ0) is 21.0. The first kappa shape index (κ1) is 20.9. The summed E-state index contributed by atoms with van der Waals surface area (Å²) in [5.41, 5.74) is 4.70. The smallest absolute Gasteiger partial charge is 0.271 e. The van der Waals surface area contributed by atoms with Crippen molar-refractivity contribution in [1.82, 2.24) is 9.78 Å². The highest BCUT2D eigenvalue weighted by Gasteiger charge is 2.17. The number of carbonyl (C=O) groups is 1. The average molecular weight is 408 g/mol. The van der Waals surface area contributed by atoms with E-state index in [1.165, 1.54) is 22.5 Å². The maximum Gasteiger partial charge on any atom is 0.271 e. The number of aromatic nitrogens is 2. The van der Waals surface area contributed by atoms with E-state index in [1.54, 1.807) is 6.07 Å². The second-order valence-corrected chi connectivity index (χ2v) is 8.31. The number of thioether (sulfide) groups is 1. The average Bonchev–Trinajstić information content (AvgIpc) is 2.72. The van der Waals surface area contributed by atoms with Crippen LogP contribution in [0.15, 0.2) is 64.4 Å². The van der Waals surface area contributed by atoms with Gasteiger partial charge in [0.15, 0.2) is 0 Å². The standard InChI is InChI=1S/C23H25N3O2S/c1-5-18-8-6-7-9-20(18)24-23(28)17(4)29-21-12-13-22(27)26(25-21)19-11-10-15(2)16(3)14-19/h6-14,17H,5H2,1-4H3,(H,24,28)/t17-/m1/s1. The number of amides is 1. The first-order valence-electron chi connectivity index (χ1n) is 9.62. The van der Waals surface area contributed by atoms with Crippen molar-refractivity contribution in [3.8, 4) is 5.69 Å². The molecule has 3 aromatic rings. The third-order valence-electron chi connectivity index (χ3n) is 4.83. The van der Waals surface area contributed by atoms with Gasteiger partial charge >= 0.3 is 0 Å². The summed E-state index contributed by atoms with van der Waals surface area (Å²) < 4.78 is 1.38. The van der Waals surface area contributed by atoms with Gasteiger partial charge in [-0.15, -0.1) is 0 Å². The molecule has 0 aliphatic rings. The first-order chi connectivity index (χ1) is 13.9. The number of benzene rings is 2. The van der Waals surface area contributed by atoms with Crippen LogP contribution < -0.4 is 10.9 Å². The van der Waals surface area contributed by atoms with Crippen LogP contribution in [0.5, 0.6) is 0 Å². The number of hydrogen-bond donors (Lipinski definition) is 1. The molecule has 1 amide bonds. The Hall–Kier alpha value is -2.86. The van der Waals surface area contributed by atoms with Crippen LogP contribution in [0.2, 0.25) is 0 Å². The maximum atomic E-state index is 12.7. The molecule has 0 bridgehead atoms. The van der Waals surface area contributed by atoms with E-state index >= 15 is 0 Å². The van der Waals surface area contributed by atoms with Crippen molar-refractivity contribution < 1.29 is 4.79 Å².